The fraction of sp³-hybridized carbons (Fsp3) is 0.333. The van der Waals surface area contributed by atoms with Crippen LogP contribution in [-0.4, -0.2) is 23.2 Å². The van der Waals surface area contributed by atoms with Crippen LogP contribution in [0.15, 0.2) is 52.2 Å². The molecule has 10 heteroatoms. The van der Waals surface area contributed by atoms with Crippen LogP contribution >= 0.6 is 0 Å². The van der Waals surface area contributed by atoms with Gasteiger partial charge >= 0.3 is 6.18 Å². The quantitative estimate of drug-likeness (QED) is 0.617. The van der Waals surface area contributed by atoms with E-state index in [-0.39, 0.29) is 23.2 Å². The van der Waals surface area contributed by atoms with Crippen LogP contribution in [0.1, 0.15) is 41.5 Å². The van der Waals surface area contributed by atoms with Crippen molar-refractivity contribution in [1.82, 2.24) is 14.8 Å². The van der Waals surface area contributed by atoms with E-state index in [1.807, 2.05) is 0 Å². The van der Waals surface area contributed by atoms with Gasteiger partial charge in [0.1, 0.15) is 11.6 Å². The van der Waals surface area contributed by atoms with Crippen molar-refractivity contribution in [2.45, 2.75) is 42.4 Å². The molecule has 2 heterocycles. The van der Waals surface area contributed by atoms with Gasteiger partial charge in [-0.1, -0.05) is 18.2 Å². The van der Waals surface area contributed by atoms with Gasteiger partial charge in [-0.2, -0.15) is 13.2 Å². The highest BCUT2D eigenvalue weighted by atomic mass is 32.2. The van der Waals surface area contributed by atoms with E-state index in [1.165, 1.54) is 23.0 Å². The van der Waals surface area contributed by atoms with Gasteiger partial charge in [0.2, 0.25) is 15.0 Å². The van der Waals surface area contributed by atoms with Gasteiger partial charge in [-0.25, -0.2) is 8.42 Å². The van der Waals surface area contributed by atoms with Gasteiger partial charge in [0, 0.05) is 5.92 Å². The molecule has 0 bridgehead atoms. The molecule has 2 aromatic heterocycles. The Kier molecular flexibility index (Phi) is 4.53. The van der Waals surface area contributed by atoms with Crippen molar-refractivity contribution in [2.24, 2.45) is 0 Å². The van der Waals surface area contributed by atoms with Crippen LogP contribution in [0.2, 0.25) is 0 Å². The zero-order valence-electron chi connectivity index (χ0n) is 14.6. The molecule has 1 fully saturated rings. The fourth-order valence-corrected chi connectivity index (χ4v) is 4.41. The van der Waals surface area contributed by atoms with Crippen molar-refractivity contribution in [2.75, 3.05) is 0 Å². The van der Waals surface area contributed by atoms with Gasteiger partial charge in [0.25, 0.3) is 0 Å². The van der Waals surface area contributed by atoms with E-state index >= 15 is 0 Å². The van der Waals surface area contributed by atoms with Crippen LogP contribution in [0.3, 0.4) is 0 Å². The van der Waals surface area contributed by atoms with E-state index in [9.17, 15) is 21.6 Å². The molecule has 1 aliphatic carbocycles. The molecular weight excluding hydrogens is 395 g/mol. The molecule has 1 saturated carbocycles. The third-order valence-electron chi connectivity index (χ3n) is 4.47. The zero-order chi connectivity index (χ0) is 19.9. The minimum absolute atomic E-state index is 0.0374. The number of rotatable bonds is 6. The summed E-state index contributed by atoms with van der Waals surface area (Å²) >= 11 is 0. The smallest absolute Gasteiger partial charge is 0.416 e. The summed E-state index contributed by atoms with van der Waals surface area (Å²) in [6.45, 7) is 0.142. The number of furan rings is 1. The van der Waals surface area contributed by atoms with E-state index < -0.39 is 27.3 Å². The molecule has 28 heavy (non-hydrogen) atoms. The predicted octanol–water partition coefficient (Wildman–Crippen LogP) is 3.79. The second-order valence-corrected chi connectivity index (χ2v) is 8.62. The molecule has 4 rings (SSSR count). The molecule has 0 atom stereocenters. The lowest BCUT2D eigenvalue weighted by Gasteiger charge is -2.11. The van der Waals surface area contributed by atoms with Crippen LogP contribution in [0.5, 0.6) is 0 Å². The number of sulfone groups is 1. The molecule has 1 aromatic carbocycles. The van der Waals surface area contributed by atoms with Crippen molar-refractivity contribution in [3.05, 3.63) is 65.4 Å². The Morgan fingerprint density at radius 2 is 1.93 bits per heavy atom. The van der Waals surface area contributed by atoms with Crippen LogP contribution in [-0.2, 0) is 28.3 Å². The normalized spacial score (nSPS) is 15.1. The van der Waals surface area contributed by atoms with Crippen molar-refractivity contribution < 1.29 is 26.0 Å². The van der Waals surface area contributed by atoms with Gasteiger partial charge in [-0.15, -0.1) is 10.2 Å². The molecule has 0 amide bonds. The Morgan fingerprint density at radius 1 is 1.14 bits per heavy atom. The van der Waals surface area contributed by atoms with Crippen LogP contribution in [0.4, 0.5) is 13.2 Å². The summed E-state index contributed by atoms with van der Waals surface area (Å²) in [5.74, 6) is 0.633. The minimum Gasteiger partial charge on any atom is -0.467 e. The zero-order valence-corrected chi connectivity index (χ0v) is 15.4. The van der Waals surface area contributed by atoms with E-state index in [1.54, 1.807) is 12.1 Å². The first kappa shape index (κ1) is 18.7. The molecule has 1 aliphatic rings. The lowest BCUT2D eigenvalue weighted by atomic mass is 10.1. The summed E-state index contributed by atoms with van der Waals surface area (Å²) < 4.78 is 71.4. The SMILES string of the molecule is O=S(=O)(Cc1cccc(C(F)(F)F)c1)c1nnc(C2CC2)n1Cc1ccco1. The Morgan fingerprint density at radius 3 is 2.57 bits per heavy atom. The van der Waals surface area contributed by atoms with Gasteiger partial charge in [-0.3, -0.25) is 4.57 Å². The lowest BCUT2D eigenvalue weighted by molar-refractivity contribution is -0.137. The van der Waals surface area contributed by atoms with Crippen LogP contribution < -0.4 is 0 Å². The van der Waals surface area contributed by atoms with Crippen molar-refractivity contribution >= 4 is 9.84 Å². The highest BCUT2D eigenvalue weighted by molar-refractivity contribution is 7.90. The van der Waals surface area contributed by atoms with Crippen LogP contribution in [0, 0.1) is 0 Å². The summed E-state index contributed by atoms with van der Waals surface area (Å²) in [7, 11) is -4.01. The largest absolute Gasteiger partial charge is 0.467 e. The molecule has 0 spiro atoms. The molecule has 148 valence electrons. The number of halogens is 3. The maximum absolute atomic E-state index is 12.9. The minimum atomic E-state index is -4.54. The van der Waals surface area contributed by atoms with Crippen LogP contribution in [0.25, 0.3) is 0 Å². The van der Waals surface area contributed by atoms with E-state index in [0.29, 0.717) is 11.6 Å². The maximum atomic E-state index is 12.9. The molecule has 0 aliphatic heterocycles. The van der Waals surface area contributed by atoms with Gasteiger partial charge < -0.3 is 4.42 Å². The summed E-state index contributed by atoms with van der Waals surface area (Å²) in [6.07, 6.45) is -1.28. The lowest BCUT2D eigenvalue weighted by Crippen LogP contribution is -2.15. The van der Waals surface area contributed by atoms with Crippen molar-refractivity contribution in [3.8, 4) is 0 Å². The second-order valence-electron chi connectivity index (χ2n) is 6.74. The molecule has 6 nitrogen and oxygen atoms in total. The Labute approximate surface area is 158 Å². The first-order valence-corrected chi connectivity index (χ1v) is 10.2. The molecule has 0 radical (unpaired) electrons. The molecule has 0 N–H and O–H groups in total. The summed E-state index contributed by atoms with van der Waals surface area (Å²) in [4.78, 5) is 0. The fourth-order valence-electron chi connectivity index (χ4n) is 3.00. The first-order chi connectivity index (χ1) is 13.2. The number of hydrogen-bond donors (Lipinski definition) is 0. The number of benzene rings is 1. The molecule has 3 aromatic rings. The highest BCUT2D eigenvalue weighted by Gasteiger charge is 2.35. The summed E-state index contributed by atoms with van der Waals surface area (Å²) in [5.41, 5.74) is -0.855. The van der Waals surface area contributed by atoms with Gasteiger partial charge in [0.05, 0.1) is 24.1 Å². The third kappa shape index (κ3) is 3.82. The van der Waals surface area contributed by atoms with E-state index in [2.05, 4.69) is 10.2 Å². The van der Waals surface area contributed by atoms with E-state index in [4.69, 9.17) is 4.42 Å². The Balaban J connectivity index is 1.68. The Bertz CT molecular complexity index is 1080. The standard InChI is InChI=1S/C18H16F3N3O3S/c19-18(20,21)14-4-1-3-12(9-14)11-28(25,26)17-23-22-16(13-6-7-13)24(17)10-15-5-2-8-27-15/h1-5,8-9,13H,6-7,10-11H2. The average Bonchev–Trinajstić information content (AvgIpc) is 3.15. The monoisotopic (exact) mass is 411 g/mol. The molecule has 0 saturated heterocycles. The summed E-state index contributed by atoms with van der Waals surface area (Å²) in [5, 5.41) is 7.63. The number of aromatic nitrogens is 3. The van der Waals surface area contributed by atoms with E-state index in [0.717, 1.165) is 25.0 Å². The van der Waals surface area contributed by atoms with Crippen molar-refractivity contribution in [1.29, 1.82) is 0 Å². The first-order valence-electron chi connectivity index (χ1n) is 8.58. The highest BCUT2D eigenvalue weighted by Crippen LogP contribution is 2.40. The van der Waals surface area contributed by atoms with Gasteiger partial charge in [0.15, 0.2) is 0 Å². The molecular formula is C18H16F3N3O3S. The van der Waals surface area contributed by atoms with Gasteiger partial charge in [-0.05, 0) is 36.6 Å². The second kappa shape index (κ2) is 6.77. The Hall–Kier alpha value is -2.62. The summed E-state index contributed by atoms with van der Waals surface area (Å²) in [6, 6.07) is 7.68. The predicted molar refractivity (Wildman–Crippen MR) is 92.1 cm³/mol. The number of nitrogens with zero attached hydrogens (tertiary/aromatic N) is 3. The number of alkyl halides is 3. The maximum Gasteiger partial charge on any atom is 0.416 e. The average molecular weight is 411 g/mol. The van der Waals surface area contributed by atoms with Crippen molar-refractivity contribution in [3.63, 3.8) is 0 Å². The number of hydrogen-bond acceptors (Lipinski definition) is 5. The third-order valence-corrected chi connectivity index (χ3v) is 6.04. The molecule has 0 unspecified atom stereocenters. The topological polar surface area (TPSA) is 78.0 Å².